The van der Waals surface area contributed by atoms with Gasteiger partial charge in [-0.05, 0) is 96.5 Å². The molecule has 0 amide bonds. The second-order valence-corrected chi connectivity index (χ2v) is 12.0. The molecule has 1 N–H and O–H groups in total. The van der Waals surface area contributed by atoms with Gasteiger partial charge in [-0.3, -0.25) is 4.79 Å². The number of esters is 1. The second-order valence-electron chi connectivity index (χ2n) is 12.0. The standard InChI is InChI=1S/C29H40BNO5/c1-27(2,3)34-26(32)16-22-10-8-9-11-25(22)33-19-21-14-23(17-24(15-21)31-18-20-12-13-20)30-35-28(4,5)29(6,7)36-30/h8-11,14-15,17,20,31H,12-13,16,18-19H2,1-7H3. The molecule has 1 heterocycles. The van der Waals surface area contributed by atoms with Gasteiger partial charge < -0.3 is 24.1 Å². The van der Waals surface area contributed by atoms with Crippen LogP contribution in [0.3, 0.4) is 0 Å². The number of hydrogen-bond donors (Lipinski definition) is 1. The van der Waals surface area contributed by atoms with E-state index >= 15 is 0 Å². The molecule has 4 rings (SSSR count). The predicted octanol–water partition coefficient (Wildman–Crippen LogP) is 5.27. The number of carbonyl (C=O) groups is 1. The van der Waals surface area contributed by atoms with E-state index < -0.39 is 23.9 Å². The van der Waals surface area contributed by atoms with Gasteiger partial charge in [-0.15, -0.1) is 0 Å². The van der Waals surface area contributed by atoms with Gasteiger partial charge in [-0.1, -0.05) is 24.3 Å². The van der Waals surface area contributed by atoms with Gasteiger partial charge >= 0.3 is 13.1 Å². The third-order valence-corrected chi connectivity index (χ3v) is 6.95. The van der Waals surface area contributed by atoms with E-state index in [0.717, 1.165) is 34.7 Å². The summed E-state index contributed by atoms with van der Waals surface area (Å²) >= 11 is 0. The Labute approximate surface area is 216 Å². The van der Waals surface area contributed by atoms with Crippen LogP contribution in [0.2, 0.25) is 0 Å². The van der Waals surface area contributed by atoms with Crippen LogP contribution in [0.5, 0.6) is 5.75 Å². The molecule has 1 aliphatic heterocycles. The maximum atomic E-state index is 12.4. The van der Waals surface area contributed by atoms with E-state index in [0.29, 0.717) is 12.4 Å². The number of hydrogen-bond acceptors (Lipinski definition) is 6. The highest BCUT2D eigenvalue weighted by Gasteiger charge is 2.51. The molecular formula is C29H40BNO5. The monoisotopic (exact) mass is 493 g/mol. The molecule has 6 nitrogen and oxygen atoms in total. The molecule has 7 heteroatoms. The molecule has 1 saturated heterocycles. The summed E-state index contributed by atoms with van der Waals surface area (Å²) in [6.45, 7) is 15.2. The van der Waals surface area contributed by atoms with Crippen LogP contribution < -0.4 is 15.5 Å². The van der Waals surface area contributed by atoms with E-state index in [4.69, 9.17) is 18.8 Å². The van der Waals surface area contributed by atoms with Crippen molar-refractivity contribution in [2.75, 3.05) is 11.9 Å². The third-order valence-electron chi connectivity index (χ3n) is 6.95. The van der Waals surface area contributed by atoms with Gasteiger partial charge in [-0.25, -0.2) is 0 Å². The summed E-state index contributed by atoms with van der Waals surface area (Å²) in [5.74, 6) is 1.16. The van der Waals surface area contributed by atoms with Crippen molar-refractivity contribution in [1.82, 2.24) is 0 Å². The molecule has 0 spiro atoms. The van der Waals surface area contributed by atoms with Crippen LogP contribution in [-0.4, -0.2) is 36.4 Å². The minimum atomic E-state index is -0.523. The number of ether oxygens (including phenoxy) is 2. The topological polar surface area (TPSA) is 66.0 Å². The molecule has 36 heavy (non-hydrogen) atoms. The summed E-state index contributed by atoms with van der Waals surface area (Å²) < 4.78 is 24.4. The van der Waals surface area contributed by atoms with Crippen molar-refractivity contribution in [3.63, 3.8) is 0 Å². The van der Waals surface area contributed by atoms with Gasteiger partial charge in [0.15, 0.2) is 0 Å². The van der Waals surface area contributed by atoms with Crippen LogP contribution in [0.4, 0.5) is 5.69 Å². The average Bonchev–Trinajstić information content (AvgIpc) is 3.56. The van der Waals surface area contributed by atoms with Crippen LogP contribution in [0.25, 0.3) is 0 Å². The van der Waals surface area contributed by atoms with Gasteiger partial charge in [0.05, 0.1) is 17.6 Å². The van der Waals surface area contributed by atoms with Gasteiger partial charge in [0.1, 0.15) is 18.0 Å². The van der Waals surface area contributed by atoms with Crippen molar-refractivity contribution in [3.8, 4) is 5.75 Å². The molecule has 1 saturated carbocycles. The van der Waals surface area contributed by atoms with Gasteiger partial charge in [0, 0.05) is 17.8 Å². The summed E-state index contributed by atoms with van der Waals surface area (Å²) in [5.41, 5.74) is 2.47. The van der Waals surface area contributed by atoms with E-state index in [1.54, 1.807) is 0 Å². The molecule has 2 aromatic rings. The Bertz CT molecular complexity index is 1070. The Hall–Kier alpha value is -2.51. The van der Waals surface area contributed by atoms with Crippen molar-refractivity contribution in [3.05, 3.63) is 53.6 Å². The van der Waals surface area contributed by atoms with Gasteiger partial charge in [0.2, 0.25) is 0 Å². The lowest BCUT2D eigenvalue weighted by Crippen LogP contribution is -2.41. The van der Waals surface area contributed by atoms with Crippen LogP contribution in [0.15, 0.2) is 42.5 Å². The molecule has 2 aliphatic rings. The summed E-state index contributed by atoms with van der Waals surface area (Å²) in [6.07, 6.45) is 2.73. The van der Waals surface area contributed by atoms with Crippen molar-refractivity contribution in [2.45, 2.75) is 91.1 Å². The van der Waals surface area contributed by atoms with E-state index in [2.05, 4.69) is 51.2 Å². The molecule has 0 aromatic heterocycles. The van der Waals surface area contributed by atoms with Crippen LogP contribution in [0, 0.1) is 5.92 Å². The van der Waals surface area contributed by atoms with Crippen molar-refractivity contribution in [1.29, 1.82) is 0 Å². The summed E-state index contributed by atoms with van der Waals surface area (Å²) in [5, 5.41) is 3.58. The van der Waals surface area contributed by atoms with Crippen LogP contribution >= 0.6 is 0 Å². The quantitative estimate of drug-likeness (QED) is 0.379. The zero-order valence-electron chi connectivity index (χ0n) is 22.8. The van der Waals surface area contributed by atoms with E-state index in [9.17, 15) is 4.79 Å². The highest BCUT2D eigenvalue weighted by atomic mass is 16.7. The van der Waals surface area contributed by atoms with Crippen molar-refractivity contribution in [2.24, 2.45) is 5.92 Å². The second kappa shape index (κ2) is 10.1. The molecule has 194 valence electrons. The summed E-state index contributed by atoms with van der Waals surface area (Å²) in [6, 6.07) is 13.9. The molecule has 0 unspecified atom stereocenters. The van der Waals surface area contributed by atoms with Gasteiger partial charge in [0.25, 0.3) is 0 Å². The largest absolute Gasteiger partial charge is 0.494 e. The normalized spacial score (nSPS) is 18.7. The number of para-hydroxylation sites is 1. The predicted molar refractivity (Wildman–Crippen MR) is 144 cm³/mol. The Morgan fingerprint density at radius 1 is 1.06 bits per heavy atom. The van der Waals surface area contributed by atoms with Crippen molar-refractivity contribution < 1.29 is 23.6 Å². The minimum Gasteiger partial charge on any atom is -0.489 e. The first-order chi connectivity index (χ1) is 16.8. The zero-order chi connectivity index (χ0) is 26.1. The number of anilines is 1. The smallest absolute Gasteiger partial charge is 0.489 e. The van der Waals surface area contributed by atoms with Crippen LogP contribution in [0.1, 0.15) is 72.4 Å². The van der Waals surface area contributed by atoms with E-state index in [-0.39, 0.29) is 12.4 Å². The highest BCUT2D eigenvalue weighted by molar-refractivity contribution is 6.62. The first kappa shape index (κ1) is 26.6. The Morgan fingerprint density at radius 3 is 2.36 bits per heavy atom. The average molecular weight is 493 g/mol. The van der Waals surface area contributed by atoms with Gasteiger partial charge in [-0.2, -0.15) is 0 Å². The third kappa shape index (κ3) is 6.83. The zero-order valence-corrected chi connectivity index (χ0v) is 22.8. The number of benzene rings is 2. The first-order valence-electron chi connectivity index (χ1n) is 13.0. The fourth-order valence-electron chi connectivity index (χ4n) is 4.09. The van der Waals surface area contributed by atoms with E-state index in [1.807, 2.05) is 45.0 Å². The lowest BCUT2D eigenvalue weighted by molar-refractivity contribution is -0.153. The highest BCUT2D eigenvalue weighted by Crippen LogP contribution is 2.37. The molecule has 2 aromatic carbocycles. The lowest BCUT2D eigenvalue weighted by Gasteiger charge is -2.32. The number of nitrogens with one attached hydrogen (secondary N) is 1. The maximum Gasteiger partial charge on any atom is 0.494 e. The molecule has 0 atom stereocenters. The fraction of sp³-hybridized carbons (Fsp3) is 0.552. The summed E-state index contributed by atoms with van der Waals surface area (Å²) in [7, 11) is -0.448. The molecular weight excluding hydrogens is 453 g/mol. The summed E-state index contributed by atoms with van der Waals surface area (Å²) in [4.78, 5) is 12.4. The van der Waals surface area contributed by atoms with E-state index in [1.165, 1.54) is 12.8 Å². The minimum absolute atomic E-state index is 0.162. The molecule has 2 fully saturated rings. The van der Waals surface area contributed by atoms with Crippen molar-refractivity contribution >= 4 is 24.2 Å². The van der Waals surface area contributed by atoms with Crippen LogP contribution in [-0.2, 0) is 31.9 Å². The Morgan fingerprint density at radius 2 is 1.72 bits per heavy atom. The molecule has 1 aliphatic carbocycles. The number of rotatable bonds is 9. The fourth-order valence-corrected chi connectivity index (χ4v) is 4.09. The molecule has 0 radical (unpaired) electrons. The number of carbonyl (C=O) groups excluding carboxylic acids is 1. The Kier molecular flexibility index (Phi) is 7.45. The lowest BCUT2D eigenvalue weighted by atomic mass is 9.78. The maximum absolute atomic E-state index is 12.4. The molecule has 0 bridgehead atoms. The Balaban J connectivity index is 1.51. The SMILES string of the molecule is CC(C)(C)OC(=O)Cc1ccccc1OCc1cc(NCC2CC2)cc(B2OC(C)(C)C(C)(C)O2)c1. The first-order valence-corrected chi connectivity index (χ1v) is 13.0.